The monoisotopic (exact) mass is 238 g/mol. The number of aromatic nitrogens is 2. The molecule has 16 heavy (non-hydrogen) atoms. The number of carbonyl (C=O) groups is 1. The van der Waals surface area contributed by atoms with Gasteiger partial charge in [-0.05, 0) is 29.7 Å². The van der Waals surface area contributed by atoms with E-state index in [0.29, 0.717) is 5.69 Å². The maximum absolute atomic E-state index is 12.7. The van der Waals surface area contributed by atoms with Gasteiger partial charge in [-0.25, -0.2) is 4.39 Å². The van der Waals surface area contributed by atoms with Gasteiger partial charge in [-0.15, -0.1) is 5.10 Å². The number of anilines is 2. The molecule has 1 aromatic heterocycles. The summed E-state index contributed by atoms with van der Waals surface area (Å²) in [5.74, 6) is -0.877. The number of hydrogen-bond acceptors (Lipinski definition) is 5. The van der Waals surface area contributed by atoms with Crippen molar-refractivity contribution in [3.8, 4) is 0 Å². The van der Waals surface area contributed by atoms with E-state index in [1.807, 2.05) is 0 Å². The second kappa shape index (κ2) is 4.23. The van der Waals surface area contributed by atoms with Crippen LogP contribution >= 0.6 is 11.5 Å². The van der Waals surface area contributed by atoms with Crippen LogP contribution in [0.15, 0.2) is 23.6 Å². The standard InChI is InChI=1S/C9H7FN4OS/c10-5-1-2-7(6(11)3-5)12-9(15)8-4-16-14-13-8/h1-4H,11H2,(H,12,15). The van der Waals surface area contributed by atoms with Crippen molar-refractivity contribution >= 4 is 28.8 Å². The van der Waals surface area contributed by atoms with Crippen LogP contribution in [-0.2, 0) is 0 Å². The first kappa shape index (κ1) is 10.5. The maximum Gasteiger partial charge on any atom is 0.277 e. The topological polar surface area (TPSA) is 80.9 Å². The zero-order valence-corrected chi connectivity index (χ0v) is 8.79. The van der Waals surface area contributed by atoms with E-state index < -0.39 is 11.7 Å². The number of nitrogen functional groups attached to an aromatic ring is 1. The van der Waals surface area contributed by atoms with Gasteiger partial charge in [-0.1, -0.05) is 4.49 Å². The molecule has 0 bridgehead atoms. The van der Waals surface area contributed by atoms with Crippen LogP contribution in [0.1, 0.15) is 10.5 Å². The largest absolute Gasteiger partial charge is 0.397 e. The molecule has 0 spiro atoms. The van der Waals surface area contributed by atoms with Gasteiger partial charge in [0.25, 0.3) is 5.91 Å². The first-order valence-corrected chi connectivity index (χ1v) is 5.14. The predicted molar refractivity (Wildman–Crippen MR) is 58.7 cm³/mol. The van der Waals surface area contributed by atoms with Crippen molar-refractivity contribution < 1.29 is 9.18 Å². The highest BCUT2D eigenvalue weighted by molar-refractivity contribution is 7.03. The molecule has 0 atom stereocenters. The summed E-state index contributed by atoms with van der Waals surface area (Å²) in [7, 11) is 0. The Morgan fingerprint density at radius 1 is 1.50 bits per heavy atom. The minimum Gasteiger partial charge on any atom is -0.397 e. The Bertz CT molecular complexity index is 514. The van der Waals surface area contributed by atoms with Crippen LogP contribution in [0.3, 0.4) is 0 Å². The molecule has 1 aromatic carbocycles. The normalized spacial score (nSPS) is 10.1. The molecule has 3 N–H and O–H groups in total. The summed E-state index contributed by atoms with van der Waals surface area (Å²) in [6.45, 7) is 0. The van der Waals surface area contributed by atoms with Crippen LogP contribution in [0, 0.1) is 5.82 Å². The first-order valence-electron chi connectivity index (χ1n) is 4.30. The van der Waals surface area contributed by atoms with E-state index in [1.54, 1.807) is 0 Å². The Kier molecular flexibility index (Phi) is 2.78. The Labute approximate surface area is 94.3 Å². The molecule has 0 saturated carbocycles. The molecule has 0 aliphatic carbocycles. The number of halogens is 1. The maximum atomic E-state index is 12.7. The average molecular weight is 238 g/mol. The van der Waals surface area contributed by atoms with Crippen LogP contribution in [0.5, 0.6) is 0 Å². The Hall–Kier alpha value is -2.02. The molecular formula is C9H7FN4OS. The van der Waals surface area contributed by atoms with Gasteiger partial charge < -0.3 is 11.1 Å². The smallest absolute Gasteiger partial charge is 0.277 e. The van der Waals surface area contributed by atoms with Crippen LogP contribution in [-0.4, -0.2) is 15.5 Å². The number of rotatable bonds is 2. The van der Waals surface area contributed by atoms with E-state index >= 15 is 0 Å². The Balaban J connectivity index is 2.18. The molecule has 0 fully saturated rings. The molecule has 2 rings (SSSR count). The third-order valence-electron chi connectivity index (χ3n) is 1.85. The summed E-state index contributed by atoms with van der Waals surface area (Å²) in [4.78, 5) is 11.6. The lowest BCUT2D eigenvalue weighted by atomic mass is 10.2. The predicted octanol–water partition coefficient (Wildman–Crippen LogP) is 1.51. The van der Waals surface area contributed by atoms with E-state index in [1.165, 1.54) is 17.5 Å². The van der Waals surface area contributed by atoms with Crippen LogP contribution < -0.4 is 11.1 Å². The molecule has 0 saturated heterocycles. The van der Waals surface area contributed by atoms with Crippen LogP contribution in [0.4, 0.5) is 15.8 Å². The van der Waals surface area contributed by atoms with Crippen molar-refractivity contribution in [1.82, 2.24) is 9.59 Å². The first-order chi connectivity index (χ1) is 7.66. The van der Waals surface area contributed by atoms with E-state index in [9.17, 15) is 9.18 Å². The van der Waals surface area contributed by atoms with Crippen molar-refractivity contribution in [2.75, 3.05) is 11.1 Å². The fourth-order valence-electron chi connectivity index (χ4n) is 1.10. The summed E-state index contributed by atoms with van der Waals surface area (Å²) in [6, 6.07) is 3.74. The van der Waals surface area contributed by atoms with Crippen molar-refractivity contribution in [2.45, 2.75) is 0 Å². The third-order valence-corrected chi connectivity index (χ3v) is 2.36. The second-order valence-corrected chi connectivity index (χ2v) is 3.59. The minimum atomic E-state index is -0.453. The van der Waals surface area contributed by atoms with Gasteiger partial charge in [0.2, 0.25) is 0 Å². The lowest BCUT2D eigenvalue weighted by Gasteiger charge is -2.05. The molecule has 1 amide bonds. The molecule has 0 unspecified atom stereocenters. The molecule has 82 valence electrons. The summed E-state index contributed by atoms with van der Waals surface area (Å²) in [5, 5.41) is 7.62. The third kappa shape index (κ3) is 2.14. The summed E-state index contributed by atoms with van der Waals surface area (Å²) in [6.07, 6.45) is 0. The van der Waals surface area contributed by atoms with Crippen molar-refractivity contribution in [3.63, 3.8) is 0 Å². The lowest BCUT2D eigenvalue weighted by Crippen LogP contribution is -2.13. The fourth-order valence-corrected chi connectivity index (χ4v) is 1.53. The van der Waals surface area contributed by atoms with Gasteiger partial charge in [-0.3, -0.25) is 4.79 Å². The van der Waals surface area contributed by atoms with Crippen molar-refractivity contribution in [3.05, 3.63) is 35.1 Å². The number of nitrogens with two attached hydrogens (primary N) is 1. The van der Waals surface area contributed by atoms with Gasteiger partial charge in [0.05, 0.1) is 11.4 Å². The van der Waals surface area contributed by atoms with E-state index in [4.69, 9.17) is 5.73 Å². The fraction of sp³-hybridized carbons (Fsp3) is 0. The van der Waals surface area contributed by atoms with Gasteiger partial charge in [0.15, 0.2) is 5.69 Å². The number of nitrogens with one attached hydrogen (secondary N) is 1. The molecule has 5 nitrogen and oxygen atoms in total. The van der Waals surface area contributed by atoms with Crippen LogP contribution in [0.2, 0.25) is 0 Å². The summed E-state index contributed by atoms with van der Waals surface area (Å²) < 4.78 is 16.3. The zero-order valence-electron chi connectivity index (χ0n) is 7.98. The summed E-state index contributed by atoms with van der Waals surface area (Å²) in [5.41, 5.74) is 6.25. The van der Waals surface area contributed by atoms with E-state index in [2.05, 4.69) is 14.9 Å². The molecule has 0 aliphatic rings. The molecule has 1 heterocycles. The summed E-state index contributed by atoms with van der Waals surface area (Å²) >= 11 is 1.07. The number of nitrogens with zero attached hydrogens (tertiary/aromatic N) is 2. The second-order valence-electron chi connectivity index (χ2n) is 2.98. The van der Waals surface area contributed by atoms with Crippen molar-refractivity contribution in [1.29, 1.82) is 0 Å². The highest BCUT2D eigenvalue weighted by Crippen LogP contribution is 2.19. The zero-order chi connectivity index (χ0) is 11.5. The van der Waals surface area contributed by atoms with Gasteiger partial charge in [0.1, 0.15) is 5.82 Å². The van der Waals surface area contributed by atoms with Gasteiger partial charge in [0, 0.05) is 5.38 Å². The molecular weight excluding hydrogens is 231 g/mol. The lowest BCUT2D eigenvalue weighted by molar-refractivity contribution is 0.102. The van der Waals surface area contributed by atoms with E-state index in [-0.39, 0.29) is 11.4 Å². The van der Waals surface area contributed by atoms with Gasteiger partial charge in [-0.2, -0.15) is 0 Å². The number of hydrogen-bond donors (Lipinski definition) is 2. The number of amides is 1. The Morgan fingerprint density at radius 2 is 2.31 bits per heavy atom. The molecule has 2 aromatic rings. The average Bonchev–Trinajstić information content (AvgIpc) is 2.75. The Morgan fingerprint density at radius 3 is 2.94 bits per heavy atom. The van der Waals surface area contributed by atoms with Gasteiger partial charge >= 0.3 is 0 Å². The molecule has 7 heteroatoms. The highest BCUT2D eigenvalue weighted by Gasteiger charge is 2.10. The molecule has 0 radical (unpaired) electrons. The highest BCUT2D eigenvalue weighted by atomic mass is 32.1. The quantitative estimate of drug-likeness (QED) is 0.777. The minimum absolute atomic E-state index is 0.163. The molecule has 0 aliphatic heterocycles. The van der Waals surface area contributed by atoms with E-state index in [0.717, 1.165) is 17.6 Å². The SMILES string of the molecule is Nc1cc(F)ccc1NC(=O)c1csnn1. The van der Waals surface area contributed by atoms with Crippen LogP contribution in [0.25, 0.3) is 0 Å². The van der Waals surface area contributed by atoms with Crippen molar-refractivity contribution in [2.24, 2.45) is 0 Å². The number of benzene rings is 1. The number of carbonyl (C=O) groups excluding carboxylic acids is 1.